The van der Waals surface area contributed by atoms with Crippen molar-refractivity contribution in [1.29, 1.82) is 0 Å². The lowest BCUT2D eigenvalue weighted by Gasteiger charge is -2.10. The Bertz CT molecular complexity index is 1060. The van der Waals surface area contributed by atoms with Crippen molar-refractivity contribution in [3.8, 4) is 0 Å². The summed E-state index contributed by atoms with van der Waals surface area (Å²) < 4.78 is 0. The van der Waals surface area contributed by atoms with Crippen molar-refractivity contribution >= 4 is 34.8 Å². The minimum Gasteiger partial charge on any atom is -0.322 e. The molecule has 0 saturated carbocycles. The number of carbonyl (C=O) groups excluding carboxylic acids is 2. The molecule has 0 fully saturated rings. The minimum atomic E-state index is -0.416. The van der Waals surface area contributed by atoms with Crippen LogP contribution < -0.4 is 10.6 Å². The number of anilines is 2. The van der Waals surface area contributed by atoms with Gasteiger partial charge in [0.1, 0.15) is 5.69 Å². The molecular weight excluding hydrogens is 374 g/mol. The molecule has 0 spiro atoms. The molecule has 0 aliphatic rings. The van der Waals surface area contributed by atoms with Crippen LogP contribution in [0.3, 0.4) is 0 Å². The molecule has 1 aromatic heterocycles. The highest BCUT2D eigenvalue weighted by atomic mass is 35.5. The summed E-state index contributed by atoms with van der Waals surface area (Å²) in [5, 5.41) is 6.17. The number of halogens is 1. The number of rotatable bonds is 4. The van der Waals surface area contributed by atoms with Crippen molar-refractivity contribution in [1.82, 2.24) is 4.98 Å². The van der Waals surface area contributed by atoms with Gasteiger partial charge < -0.3 is 10.6 Å². The monoisotopic (exact) mass is 393 g/mol. The highest BCUT2D eigenvalue weighted by molar-refractivity contribution is 6.31. The third kappa shape index (κ3) is 4.56. The summed E-state index contributed by atoms with van der Waals surface area (Å²) in [5.74, 6) is -0.720. The highest BCUT2D eigenvalue weighted by Crippen LogP contribution is 2.21. The lowest BCUT2D eigenvalue weighted by Crippen LogP contribution is -2.17. The molecule has 142 valence electrons. The quantitative estimate of drug-likeness (QED) is 0.642. The second-order valence-electron chi connectivity index (χ2n) is 6.62. The van der Waals surface area contributed by atoms with E-state index >= 15 is 0 Å². The van der Waals surface area contributed by atoms with E-state index < -0.39 is 5.91 Å². The largest absolute Gasteiger partial charge is 0.322 e. The maximum Gasteiger partial charge on any atom is 0.274 e. The fourth-order valence-electron chi connectivity index (χ4n) is 2.71. The number of benzene rings is 2. The first-order valence-corrected chi connectivity index (χ1v) is 9.13. The maximum absolute atomic E-state index is 12.6. The van der Waals surface area contributed by atoms with Crippen LogP contribution in [0.1, 0.15) is 37.5 Å². The van der Waals surface area contributed by atoms with Gasteiger partial charge in [-0.05, 0) is 62.2 Å². The van der Waals surface area contributed by atoms with E-state index in [1.807, 2.05) is 45.0 Å². The number of carbonyl (C=O) groups is 2. The number of hydrogen-bond donors (Lipinski definition) is 2. The van der Waals surface area contributed by atoms with Crippen LogP contribution in [0.2, 0.25) is 5.02 Å². The maximum atomic E-state index is 12.6. The van der Waals surface area contributed by atoms with Crippen molar-refractivity contribution in [2.24, 2.45) is 0 Å². The van der Waals surface area contributed by atoms with Gasteiger partial charge in [-0.2, -0.15) is 0 Å². The summed E-state index contributed by atoms with van der Waals surface area (Å²) >= 11 is 6.09. The number of nitrogens with one attached hydrogen (secondary N) is 2. The first-order chi connectivity index (χ1) is 13.3. The van der Waals surface area contributed by atoms with Gasteiger partial charge in [0.05, 0.1) is 0 Å². The van der Waals surface area contributed by atoms with Gasteiger partial charge in [0.25, 0.3) is 11.8 Å². The second-order valence-corrected chi connectivity index (χ2v) is 7.03. The van der Waals surface area contributed by atoms with Gasteiger partial charge in [0.2, 0.25) is 0 Å². The van der Waals surface area contributed by atoms with Crippen LogP contribution in [0.4, 0.5) is 11.4 Å². The predicted octanol–water partition coefficient (Wildman–Crippen LogP) is 5.16. The van der Waals surface area contributed by atoms with E-state index in [-0.39, 0.29) is 11.6 Å². The van der Waals surface area contributed by atoms with E-state index in [0.29, 0.717) is 16.3 Å². The number of amides is 2. The Morgan fingerprint density at radius 2 is 1.64 bits per heavy atom. The summed E-state index contributed by atoms with van der Waals surface area (Å²) in [5.41, 5.74) is 4.79. The van der Waals surface area contributed by atoms with E-state index in [0.717, 1.165) is 22.4 Å². The zero-order chi connectivity index (χ0) is 20.3. The van der Waals surface area contributed by atoms with Gasteiger partial charge in [-0.15, -0.1) is 0 Å². The van der Waals surface area contributed by atoms with Gasteiger partial charge in [-0.25, -0.2) is 0 Å². The first kappa shape index (κ1) is 19.6. The molecule has 2 amide bonds. The Kier molecular flexibility index (Phi) is 5.76. The lowest BCUT2D eigenvalue weighted by atomic mass is 10.1. The van der Waals surface area contributed by atoms with Crippen molar-refractivity contribution in [2.75, 3.05) is 10.6 Å². The van der Waals surface area contributed by atoms with Crippen LogP contribution in [0.5, 0.6) is 0 Å². The Morgan fingerprint density at radius 1 is 0.857 bits per heavy atom. The molecule has 0 atom stereocenters. The molecular formula is C22H20ClN3O2. The van der Waals surface area contributed by atoms with E-state index in [9.17, 15) is 9.59 Å². The molecule has 28 heavy (non-hydrogen) atoms. The summed E-state index contributed by atoms with van der Waals surface area (Å²) in [4.78, 5) is 29.1. The Hall–Kier alpha value is -3.18. The van der Waals surface area contributed by atoms with E-state index in [2.05, 4.69) is 15.6 Å². The van der Waals surface area contributed by atoms with Gasteiger partial charge in [0.15, 0.2) is 0 Å². The van der Waals surface area contributed by atoms with E-state index in [1.54, 1.807) is 18.2 Å². The van der Waals surface area contributed by atoms with Crippen LogP contribution in [-0.4, -0.2) is 16.8 Å². The van der Waals surface area contributed by atoms with Crippen molar-refractivity contribution in [3.63, 3.8) is 0 Å². The predicted molar refractivity (Wildman–Crippen MR) is 112 cm³/mol. The average molecular weight is 394 g/mol. The molecule has 0 aliphatic heterocycles. The molecule has 3 aromatic rings. The molecule has 1 heterocycles. The number of hydrogen-bond acceptors (Lipinski definition) is 3. The van der Waals surface area contributed by atoms with Crippen LogP contribution in [0.25, 0.3) is 0 Å². The van der Waals surface area contributed by atoms with Gasteiger partial charge >= 0.3 is 0 Å². The lowest BCUT2D eigenvalue weighted by molar-refractivity contribution is 0.102. The normalized spacial score (nSPS) is 10.4. The fourth-order valence-corrected chi connectivity index (χ4v) is 2.89. The van der Waals surface area contributed by atoms with Crippen LogP contribution in [0.15, 0.2) is 54.7 Å². The number of nitrogens with zero attached hydrogens (tertiary/aromatic N) is 1. The third-order valence-corrected chi connectivity index (χ3v) is 4.72. The molecule has 0 bridgehead atoms. The molecule has 6 heteroatoms. The molecule has 0 unspecified atom stereocenters. The summed E-state index contributed by atoms with van der Waals surface area (Å²) in [6.07, 6.45) is 1.44. The summed E-state index contributed by atoms with van der Waals surface area (Å²) in [6.45, 7) is 5.81. The highest BCUT2D eigenvalue weighted by Gasteiger charge is 2.13. The minimum absolute atomic E-state index is 0.143. The zero-order valence-electron chi connectivity index (χ0n) is 15.8. The molecule has 0 radical (unpaired) electrons. The molecule has 2 aromatic carbocycles. The molecule has 0 saturated heterocycles. The Labute approximate surface area is 168 Å². The fraction of sp³-hybridized carbons (Fsp3) is 0.136. The topological polar surface area (TPSA) is 71.1 Å². The molecule has 3 rings (SSSR count). The van der Waals surface area contributed by atoms with Gasteiger partial charge in [-0.1, -0.05) is 35.4 Å². The van der Waals surface area contributed by atoms with Crippen LogP contribution in [0, 0.1) is 20.8 Å². The van der Waals surface area contributed by atoms with E-state index in [1.165, 1.54) is 12.3 Å². The number of pyridine rings is 1. The number of aromatic nitrogens is 1. The van der Waals surface area contributed by atoms with E-state index in [4.69, 9.17) is 11.6 Å². The Morgan fingerprint density at radius 3 is 2.36 bits per heavy atom. The molecule has 0 aliphatic carbocycles. The third-order valence-electron chi connectivity index (χ3n) is 4.31. The smallest absolute Gasteiger partial charge is 0.274 e. The second kappa shape index (κ2) is 8.23. The van der Waals surface area contributed by atoms with Crippen LogP contribution in [-0.2, 0) is 0 Å². The average Bonchev–Trinajstić information content (AvgIpc) is 2.67. The van der Waals surface area contributed by atoms with Crippen molar-refractivity contribution in [2.45, 2.75) is 20.8 Å². The van der Waals surface area contributed by atoms with Crippen LogP contribution >= 0.6 is 11.6 Å². The van der Waals surface area contributed by atoms with Gasteiger partial charge in [-0.3, -0.25) is 14.6 Å². The summed E-state index contributed by atoms with van der Waals surface area (Å²) in [6, 6.07) is 14.1. The molecule has 5 nitrogen and oxygen atoms in total. The van der Waals surface area contributed by atoms with Crippen molar-refractivity contribution in [3.05, 3.63) is 87.7 Å². The first-order valence-electron chi connectivity index (χ1n) is 8.75. The zero-order valence-corrected chi connectivity index (χ0v) is 16.6. The Balaban J connectivity index is 1.76. The SMILES string of the molecule is Cc1ccc(NC(=O)c2ccnc(C(=O)Nc3ccc(C)c(Cl)c3)c2)c(C)c1. The van der Waals surface area contributed by atoms with Crippen molar-refractivity contribution < 1.29 is 9.59 Å². The molecule has 2 N–H and O–H groups in total. The number of aryl methyl sites for hydroxylation is 3. The standard InChI is InChI=1S/C22H20ClN3O2/c1-13-4-7-19(15(3)10-13)26-21(27)16-8-9-24-20(11-16)22(28)25-17-6-5-14(2)18(23)12-17/h4-12H,1-3H3,(H,25,28)(H,26,27). The summed E-state index contributed by atoms with van der Waals surface area (Å²) in [7, 11) is 0. The van der Waals surface area contributed by atoms with Gasteiger partial charge in [0, 0.05) is 28.2 Å².